The maximum Gasteiger partial charge on any atom is 0.673 e. The first kappa shape index (κ1) is 21.6. The van der Waals surface area contributed by atoms with Gasteiger partial charge in [-0.1, -0.05) is 0 Å². The van der Waals surface area contributed by atoms with Crippen LogP contribution in [0.25, 0.3) is 32.3 Å². The van der Waals surface area contributed by atoms with E-state index in [1.807, 2.05) is 0 Å². The Morgan fingerprint density at radius 2 is 0.679 bits per heavy atom. The van der Waals surface area contributed by atoms with E-state index in [1.54, 1.807) is 0 Å². The molecule has 0 aliphatic carbocycles. The molecule has 2 aromatic carbocycles. The standard InChI is InChI=1S/C16H14N2.2BF4/c1-17-7-11-3-5-13-9-18(2)10-14-6-4-12(8-17)15(11)16(13)14;2*2-1(3,4)5/h3-10H,1-2H3;;/q+2;2*-1. The molecular weight excluding hydrogens is 394 g/mol. The molecule has 0 unspecified atom stereocenters. The Kier molecular flexibility index (Phi) is 6.00. The van der Waals surface area contributed by atoms with Crippen LogP contribution in [0.3, 0.4) is 0 Å². The molecule has 0 aliphatic rings. The molecule has 4 rings (SSSR count). The smallest absolute Gasteiger partial charge is 0.418 e. The van der Waals surface area contributed by atoms with Gasteiger partial charge in [0.2, 0.25) is 0 Å². The van der Waals surface area contributed by atoms with Gasteiger partial charge in [0.15, 0.2) is 24.8 Å². The van der Waals surface area contributed by atoms with Gasteiger partial charge < -0.3 is 34.5 Å². The van der Waals surface area contributed by atoms with Crippen molar-refractivity contribution < 1.29 is 43.7 Å². The average Bonchev–Trinajstić information content (AvgIpc) is 2.48. The normalized spacial score (nSPS) is 11.9. The number of hydrogen-bond donors (Lipinski definition) is 0. The maximum atomic E-state index is 9.75. The fourth-order valence-electron chi connectivity index (χ4n) is 2.99. The molecule has 0 fully saturated rings. The summed E-state index contributed by atoms with van der Waals surface area (Å²) >= 11 is 0. The van der Waals surface area contributed by atoms with Crippen molar-refractivity contribution in [3.8, 4) is 0 Å². The third kappa shape index (κ3) is 6.21. The van der Waals surface area contributed by atoms with Crippen molar-refractivity contribution in [3.05, 3.63) is 49.1 Å². The molecule has 0 aliphatic heterocycles. The zero-order chi connectivity index (χ0) is 21.3. The second-order valence-corrected chi connectivity index (χ2v) is 6.08. The predicted molar refractivity (Wildman–Crippen MR) is 92.9 cm³/mol. The number of hydrogen-bond acceptors (Lipinski definition) is 0. The molecule has 0 spiro atoms. The van der Waals surface area contributed by atoms with Crippen LogP contribution in [0, 0.1) is 0 Å². The SMILES string of the molecule is C[n+]1cc2ccc3c[n+](C)cc4ccc(c1)c2c34.F[B-](F)(F)F.F[B-](F)(F)F. The zero-order valence-corrected chi connectivity index (χ0v) is 14.7. The van der Waals surface area contributed by atoms with Crippen LogP contribution < -0.4 is 9.13 Å². The molecule has 150 valence electrons. The molecule has 2 heterocycles. The molecule has 0 amide bonds. The molecule has 4 aromatic rings. The van der Waals surface area contributed by atoms with Crippen LogP contribution in [0.2, 0.25) is 0 Å². The van der Waals surface area contributed by atoms with E-state index in [-0.39, 0.29) is 0 Å². The van der Waals surface area contributed by atoms with Gasteiger partial charge in [-0.2, -0.15) is 0 Å². The molecule has 0 N–H and O–H groups in total. The third-order valence-electron chi connectivity index (χ3n) is 3.66. The van der Waals surface area contributed by atoms with Crippen molar-refractivity contribution in [2.75, 3.05) is 0 Å². The van der Waals surface area contributed by atoms with Gasteiger partial charge in [-0.3, -0.25) is 0 Å². The molecule has 28 heavy (non-hydrogen) atoms. The quantitative estimate of drug-likeness (QED) is 0.171. The fourth-order valence-corrected chi connectivity index (χ4v) is 2.99. The molecule has 0 radical (unpaired) electrons. The van der Waals surface area contributed by atoms with Gasteiger partial charge in [0.1, 0.15) is 14.1 Å². The number of benzene rings is 2. The highest BCUT2D eigenvalue weighted by Gasteiger charge is 2.21. The summed E-state index contributed by atoms with van der Waals surface area (Å²) in [6, 6.07) is 8.85. The van der Waals surface area contributed by atoms with Gasteiger partial charge in [0.05, 0.1) is 0 Å². The predicted octanol–water partition coefficient (Wildman–Crippen LogP) is 4.83. The average molecular weight is 408 g/mol. The summed E-state index contributed by atoms with van der Waals surface area (Å²) in [5.74, 6) is 0. The van der Waals surface area contributed by atoms with Crippen molar-refractivity contribution in [3.63, 3.8) is 0 Å². The number of pyridine rings is 2. The fraction of sp³-hybridized carbons (Fsp3) is 0.125. The minimum atomic E-state index is -6.00. The Morgan fingerprint density at radius 1 is 0.500 bits per heavy atom. The Bertz CT molecular complexity index is 930. The molecule has 2 aromatic heterocycles. The molecule has 2 nitrogen and oxygen atoms in total. The summed E-state index contributed by atoms with van der Waals surface area (Å²) in [7, 11) is -7.84. The van der Waals surface area contributed by atoms with E-state index in [1.165, 1.54) is 32.3 Å². The van der Waals surface area contributed by atoms with E-state index >= 15 is 0 Å². The Hall–Kier alpha value is -2.65. The molecule has 0 bridgehead atoms. The van der Waals surface area contributed by atoms with Gasteiger partial charge in [0, 0.05) is 32.3 Å². The highest BCUT2D eigenvalue weighted by atomic mass is 19.5. The van der Waals surface area contributed by atoms with Crippen molar-refractivity contribution in [1.82, 2.24) is 0 Å². The molecular formula is C16H14B2F8N2. The Morgan fingerprint density at radius 3 is 0.857 bits per heavy atom. The van der Waals surface area contributed by atoms with Crippen molar-refractivity contribution in [2.45, 2.75) is 0 Å². The molecule has 0 atom stereocenters. The van der Waals surface area contributed by atoms with Gasteiger partial charge in [-0.15, -0.1) is 0 Å². The van der Waals surface area contributed by atoms with E-state index < -0.39 is 14.5 Å². The molecule has 12 heteroatoms. The Labute approximate surface area is 154 Å². The summed E-state index contributed by atoms with van der Waals surface area (Å²) in [5, 5.41) is 7.99. The molecule has 0 saturated heterocycles. The summed E-state index contributed by atoms with van der Waals surface area (Å²) in [5.41, 5.74) is 0. The van der Waals surface area contributed by atoms with Crippen LogP contribution in [0.5, 0.6) is 0 Å². The molecule has 0 saturated carbocycles. The van der Waals surface area contributed by atoms with E-state index in [0.29, 0.717) is 0 Å². The van der Waals surface area contributed by atoms with E-state index in [0.717, 1.165) is 0 Å². The lowest BCUT2D eigenvalue weighted by atomic mass is 9.97. The highest BCUT2D eigenvalue weighted by molar-refractivity contribution is 6.50. The number of aromatic nitrogens is 2. The second-order valence-electron chi connectivity index (χ2n) is 6.08. The second kappa shape index (κ2) is 7.76. The minimum Gasteiger partial charge on any atom is -0.418 e. The summed E-state index contributed by atoms with van der Waals surface area (Å²) < 4.78 is 82.3. The number of aryl methyl sites for hydroxylation is 2. The zero-order valence-electron chi connectivity index (χ0n) is 14.7. The largest absolute Gasteiger partial charge is 0.673 e. The van der Waals surface area contributed by atoms with Crippen molar-refractivity contribution in [2.24, 2.45) is 14.1 Å². The van der Waals surface area contributed by atoms with Crippen LogP contribution in [0.15, 0.2) is 49.1 Å². The first-order valence-electron chi connectivity index (χ1n) is 7.90. The van der Waals surface area contributed by atoms with E-state index in [9.17, 15) is 34.5 Å². The van der Waals surface area contributed by atoms with Crippen LogP contribution in [-0.4, -0.2) is 14.5 Å². The van der Waals surface area contributed by atoms with Crippen LogP contribution in [0.1, 0.15) is 0 Å². The van der Waals surface area contributed by atoms with E-state index in [4.69, 9.17) is 0 Å². The number of nitrogens with zero attached hydrogens (tertiary/aromatic N) is 2. The van der Waals surface area contributed by atoms with E-state index in [2.05, 4.69) is 72.3 Å². The van der Waals surface area contributed by atoms with Gasteiger partial charge in [0.25, 0.3) is 0 Å². The van der Waals surface area contributed by atoms with Crippen molar-refractivity contribution >= 4 is 46.8 Å². The van der Waals surface area contributed by atoms with Crippen LogP contribution in [0.4, 0.5) is 34.5 Å². The maximum absolute atomic E-state index is 9.75. The number of halogens is 8. The van der Waals surface area contributed by atoms with Gasteiger partial charge in [-0.25, -0.2) is 9.13 Å². The first-order valence-corrected chi connectivity index (χ1v) is 7.90. The third-order valence-corrected chi connectivity index (χ3v) is 3.66. The monoisotopic (exact) mass is 408 g/mol. The Balaban J connectivity index is 0.000000237. The number of rotatable bonds is 0. The summed E-state index contributed by atoms with van der Waals surface area (Å²) in [6.45, 7) is 0. The topological polar surface area (TPSA) is 7.76 Å². The lowest BCUT2D eigenvalue weighted by Gasteiger charge is -2.07. The van der Waals surface area contributed by atoms with Crippen molar-refractivity contribution in [1.29, 1.82) is 0 Å². The van der Waals surface area contributed by atoms with Gasteiger partial charge >= 0.3 is 14.5 Å². The lowest BCUT2D eigenvalue weighted by molar-refractivity contribution is -0.669. The highest BCUT2D eigenvalue weighted by Crippen LogP contribution is 2.32. The first-order chi connectivity index (χ1) is 12.7. The summed E-state index contributed by atoms with van der Waals surface area (Å²) in [4.78, 5) is 0. The van der Waals surface area contributed by atoms with Crippen LogP contribution in [-0.2, 0) is 14.1 Å². The lowest BCUT2D eigenvalue weighted by Crippen LogP contribution is -2.27. The van der Waals surface area contributed by atoms with Gasteiger partial charge in [-0.05, 0) is 24.3 Å². The minimum absolute atomic E-state index is 1.31. The van der Waals surface area contributed by atoms with Crippen LogP contribution >= 0.6 is 0 Å². The summed E-state index contributed by atoms with van der Waals surface area (Å²) in [6.07, 6.45) is 8.75.